The Bertz CT molecular complexity index is 476. The standard InChI is InChI=1S/C15H24N4O/c1-11-9-16-17-14(11)13-5-8-19(10-13)15(20)12-3-6-18(2)7-4-12/h9,12-13H,3-8,10H2,1-2H3,(H,16,17). The van der Waals surface area contributed by atoms with Crippen LogP contribution in [-0.2, 0) is 4.79 Å². The highest BCUT2D eigenvalue weighted by Crippen LogP contribution is 2.30. The Morgan fingerprint density at radius 1 is 1.30 bits per heavy atom. The van der Waals surface area contributed by atoms with Gasteiger partial charge in [-0.25, -0.2) is 0 Å². The number of hydrogen-bond donors (Lipinski definition) is 1. The zero-order valence-electron chi connectivity index (χ0n) is 12.4. The van der Waals surface area contributed by atoms with Gasteiger partial charge < -0.3 is 9.80 Å². The molecular formula is C15H24N4O. The molecular weight excluding hydrogens is 252 g/mol. The molecule has 2 aliphatic heterocycles. The largest absolute Gasteiger partial charge is 0.342 e. The number of aryl methyl sites for hydroxylation is 1. The monoisotopic (exact) mass is 276 g/mol. The van der Waals surface area contributed by atoms with Crippen LogP contribution in [0.25, 0.3) is 0 Å². The highest BCUT2D eigenvalue weighted by molar-refractivity contribution is 5.79. The smallest absolute Gasteiger partial charge is 0.225 e. The van der Waals surface area contributed by atoms with E-state index >= 15 is 0 Å². The van der Waals surface area contributed by atoms with Crippen molar-refractivity contribution in [2.45, 2.75) is 32.1 Å². The van der Waals surface area contributed by atoms with Crippen LogP contribution in [0.4, 0.5) is 0 Å². The zero-order chi connectivity index (χ0) is 14.1. The number of rotatable bonds is 2. The molecule has 1 aromatic heterocycles. The van der Waals surface area contributed by atoms with Crippen LogP contribution < -0.4 is 0 Å². The maximum Gasteiger partial charge on any atom is 0.225 e. The van der Waals surface area contributed by atoms with Crippen LogP contribution in [0.5, 0.6) is 0 Å². The van der Waals surface area contributed by atoms with Crippen LogP contribution in [0, 0.1) is 12.8 Å². The Labute approximate surface area is 120 Å². The molecule has 2 aliphatic rings. The van der Waals surface area contributed by atoms with Gasteiger partial charge in [0, 0.05) is 30.6 Å². The van der Waals surface area contributed by atoms with Crippen LogP contribution in [0.1, 0.15) is 36.4 Å². The molecule has 0 aliphatic carbocycles. The minimum absolute atomic E-state index is 0.243. The van der Waals surface area contributed by atoms with Gasteiger partial charge in [0.15, 0.2) is 0 Å². The van der Waals surface area contributed by atoms with Gasteiger partial charge in [-0.1, -0.05) is 0 Å². The Hall–Kier alpha value is -1.36. The number of carbonyl (C=O) groups is 1. The van der Waals surface area contributed by atoms with E-state index in [1.807, 2.05) is 6.20 Å². The summed E-state index contributed by atoms with van der Waals surface area (Å²) in [5.74, 6) is 1.05. The summed E-state index contributed by atoms with van der Waals surface area (Å²) in [7, 11) is 2.13. The zero-order valence-corrected chi connectivity index (χ0v) is 12.4. The number of aromatic nitrogens is 2. The molecule has 1 unspecified atom stereocenters. The Kier molecular flexibility index (Phi) is 3.78. The lowest BCUT2D eigenvalue weighted by atomic mass is 9.95. The highest BCUT2D eigenvalue weighted by atomic mass is 16.2. The average molecular weight is 276 g/mol. The fourth-order valence-electron chi connectivity index (χ4n) is 3.48. The quantitative estimate of drug-likeness (QED) is 0.888. The van der Waals surface area contributed by atoms with Crippen molar-refractivity contribution >= 4 is 5.91 Å². The maximum absolute atomic E-state index is 12.6. The summed E-state index contributed by atoms with van der Waals surface area (Å²) in [5.41, 5.74) is 2.42. The second-order valence-corrected chi connectivity index (χ2v) is 6.31. The topological polar surface area (TPSA) is 52.2 Å². The van der Waals surface area contributed by atoms with Gasteiger partial charge in [-0.3, -0.25) is 9.89 Å². The third-order valence-electron chi connectivity index (χ3n) is 4.84. The molecule has 1 N–H and O–H groups in total. The number of H-pyrrole nitrogens is 1. The van der Waals surface area contributed by atoms with Gasteiger partial charge in [-0.05, 0) is 51.9 Å². The van der Waals surface area contributed by atoms with Crippen molar-refractivity contribution in [1.82, 2.24) is 20.0 Å². The van der Waals surface area contributed by atoms with Crippen LogP contribution in [0.2, 0.25) is 0 Å². The molecule has 1 atom stereocenters. The van der Waals surface area contributed by atoms with Gasteiger partial charge in [-0.15, -0.1) is 0 Å². The fourth-order valence-corrected chi connectivity index (χ4v) is 3.48. The number of likely N-dealkylation sites (tertiary alicyclic amines) is 2. The Morgan fingerprint density at radius 3 is 2.70 bits per heavy atom. The summed E-state index contributed by atoms with van der Waals surface area (Å²) in [6.07, 6.45) is 4.96. The van der Waals surface area contributed by atoms with Crippen molar-refractivity contribution < 1.29 is 4.79 Å². The van der Waals surface area contributed by atoms with Crippen molar-refractivity contribution in [3.63, 3.8) is 0 Å². The molecule has 3 heterocycles. The first kappa shape index (κ1) is 13.6. The fraction of sp³-hybridized carbons (Fsp3) is 0.733. The number of carbonyl (C=O) groups excluding carboxylic acids is 1. The summed E-state index contributed by atoms with van der Waals surface area (Å²) in [4.78, 5) is 17.0. The molecule has 5 heteroatoms. The van der Waals surface area contributed by atoms with Gasteiger partial charge in [0.1, 0.15) is 0 Å². The molecule has 0 radical (unpaired) electrons. The van der Waals surface area contributed by atoms with Crippen LogP contribution in [-0.4, -0.2) is 59.1 Å². The van der Waals surface area contributed by atoms with E-state index < -0.39 is 0 Å². The molecule has 5 nitrogen and oxygen atoms in total. The maximum atomic E-state index is 12.6. The van der Waals surface area contributed by atoms with Crippen LogP contribution in [0.3, 0.4) is 0 Å². The highest BCUT2D eigenvalue weighted by Gasteiger charge is 2.33. The summed E-state index contributed by atoms with van der Waals surface area (Å²) in [6, 6.07) is 0. The molecule has 20 heavy (non-hydrogen) atoms. The molecule has 2 saturated heterocycles. The second-order valence-electron chi connectivity index (χ2n) is 6.31. The van der Waals surface area contributed by atoms with Gasteiger partial charge in [0.25, 0.3) is 0 Å². The SMILES string of the molecule is Cc1cn[nH]c1C1CCN(C(=O)C2CCN(C)CC2)C1. The minimum Gasteiger partial charge on any atom is -0.342 e. The van der Waals surface area contributed by atoms with Crippen LogP contribution in [0.15, 0.2) is 6.20 Å². The Balaban J connectivity index is 1.60. The molecule has 0 aromatic carbocycles. The molecule has 0 bridgehead atoms. The van der Waals surface area contributed by atoms with E-state index in [0.717, 1.165) is 45.4 Å². The number of nitrogens with zero attached hydrogens (tertiary/aromatic N) is 3. The lowest BCUT2D eigenvalue weighted by molar-refractivity contribution is -0.135. The van der Waals surface area contributed by atoms with E-state index in [4.69, 9.17) is 0 Å². The molecule has 0 spiro atoms. The number of aromatic amines is 1. The van der Waals surface area contributed by atoms with Crippen molar-refractivity contribution in [3.05, 3.63) is 17.5 Å². The van der Waals surface area contributed by atoms with Crippen molar-refractivity contribution in [2.24, 2.45) is 5.92 Å². The average Bonchev–Trinajstić information content (AvgIpc) is 3.07. The molecule has 1 aromatic rings. The molecule has 110 valence electrons. The third kappa shape index (κ3) is 2.59. The van der Waals surface area contributed by atoms with Gasteiger partial charge in [-0.2, -0.15) is 5.10 Å². The van der Waals surface area contributed by atoms with Gasteiger partial charge in [0.05, 0.1) is 6.20 Å². The van der Waals surface area contributed by atoms with Gasteiger partial charge >= 0.3 is 0 Å². The molecule has 0 saturated carbocycles. The molecule has 1 amide bonds. The summed E-state index contributed by atoms with van der Waals surface area (Å²) < 4.78 is 0. The van der Waals surface area contributed by atoms with E-state index in [0.29, 0.717) is 11.8 Å². The lowest BCUT2D eigenvalue weighted by Crippen LogP contribution is -2.40. The van der Waals surface area contributed by atoms with E-state index in [2.05, 4.69) is 34.0 Å². The number of hydrogen-bond acceptors (Lipinski definition) is 3. The van der Waals surface area contributed by atoms with Crippen molar-refractivity contribution in [3.8, 4) is 0 Å². The Morgan fingerprint density at radius 2 is 2.05 bits per heavy atom. The summed E-state index contributed by atoms with van der Waals surface area (Å²) >= 11 is 0. The van der Waals surface area contributed by atoms with Crippen molar-refractivity contribution in [2.75, 3.05) is 33.2 Å². The minimum atomic E-state index is 0.243. The van der Waals surface area contributed by atoms with Crippen molar-refractivity contribution in [1.29, 1.82) is 0 Å². The number of nitrogens with one attached hydrogen (secondary N) is 1. The first-order valence-corrected chi connectivity index (χ1v) is 7.62. The molecule has 2 fully saturated rings. The van der Waals surface area contributed by atoms with Crippen LogP contribution >= 0.6 is 0 Å². The first-order chi connectivity index (χ1) is 9.65. The van der Waals surface area contributed by atoms with E-state index in [9.17, 15) is 4.79 Å². The third-order valence-corrected chi connectivity index (χ3v) is 4.84. The van der Waals surface area contributed by atoms with E-state index in [1.165, 1.54) is 11.3 Å². The predicted molar refractivity (Wildman–Crippen MR) is 77.5 cm³/mol. The number of piperidine rings is 1. The number of amides is 1. The van der Waals surface area contributed by atoms with Gasteiger partial charge in [0.2, 0.25) is 5.91 Å². The summed E-state index contributed by atoms with van der Waals surface area (Å²) in [5, 5.41) is 7.20. The van der Waals surface area contributed by atoms with E-state index in [-0.39, 0.29) is 5.92 Å². The second kappa shape index (κ2) is 5.56. The summed E-state index contributed by atoms with van der Waals surface area (Å²) in [6.45, 7) is 5.93. The normalized spacial score (nSPS) is 25.3. The lowest BCUT2D eigenvalue weighted by Gasteiger charge is -2.30. The van der Waals surface area contributed by atoms with E-state index in [1.54, 1.807) is 0 Å². The first-order valence-electron chi connectivity index (χ1n) is 7.62. The molecule has 3 rings (SSSR count). The predicted octanol–water partition coefficient (Wildman–Crippen LogP) is 1.38.